The van der Waals surface area contributed by atoms with E-state index >= 15 is 0 Å². The maximum Gasteiger partial charge on any atom is 0.305 e. The number of phenols is 1. The highest BCUT2D eigenvalue weighted by molar-refractivity contribution is 5.69. The van der Waals surface area contributed by atoms with Gasteiger partial charge in [0, 0.05) is 12.5 Å². The number of ether oxygens (including phenoxy) is 2. The summed E-state index contributed by atoms with van der Waals surface area (Å²) < 4.78 is 9.57. The Kier molecular flexibility index (Phi) is 5.45. The van der Waals surface area contributed by atoms with E-state index in [4.69, 9.17) is 10.5 Å². The first kappa shape index (κ1) is 14.3. The van der Waals surface area contributed by atoms with Crippen molar-refractivity contribution in [2.45, 2.75) is 25.3 Å². The fourth-order valence-electron chi connectivity index (χ4n) is 1.69. The van der Waals surface area contributed by atoms with Crippen LogP contribution in [0.15, 0.2) is 18.2 Å². The zero-order valence-electron chi connectivity index (χ0n) is 10.7. The Labute approximate surface area is 107 Å². The van der Waals surface area contributed by atoms with Gasteiger partial charge < -0.3 is 20.3 Å². The highest BCUT2D eigenvalue weighted by atomic mass is 16.5. The molecule has 18 heavy (non-hydrogen) atoms. The lowest BCUT2D eigenvalue weighted by molar-refractivity contribution is -0.140. The second-order valence-corrected chi connectivity index (χ2v) is 4.05. The molecule has 0 amide bonds. The van der Waals surface area contributed by atoms with E-state index < -0.39 is 0 Å². The molecule has 3 N–H and O–H groups in total. The first-order valence-electron chi connectivity index (χ1n) is 5.75. The van der Waals surface area contributed by atoms with Crippen molar-refractivity contribution in [2.24, 2.45) is 5.73 Å². The quantitative estimate of drug-likeness (QED) is 0.745. The van der Waals surface area contributed by atoms with Gasteiger partial charge in [-0.3, -0.25) is 4.79 Å². The Hall–Kier alpha value is -1.75. The summed E-state index contributed by atoms with van der Waals surface area (Å²) in [7, 11) is 2.85. The van der Waals surface area contributed by atoms with Crippen LogP contribution in [0.3, 0.4) is 0 Å². The zero-order valence-corrected chi connectivity index (χ0v) is 10.7. The van der Waals surface area contributed by atoms with Crippen LogP contribution in [-0.2, 0) is 16.0 Å². The van der Waals surface area contributed by atoms with Crippen LogP contribution >= 0.6 is 0 Å². The van der Waals surface area contributed by atoms with E-state index in [2.05, 4.69) is 4.74 Å². The molecule has 0 aliphatic carbocycles. The molecular formula is C13H19NO4. The molecule has 5 nitrogen and oxygen atoms in total. The highest BCUT2D eigenvalue weighted by Crippen LogP contribution is 2.30. The molecule has 0 spiro atoms. The fraction of sp³-hybridized carbons (Fsp3) is 0.462. The average molecular weight is 253 g/mol. The summed E-state index contributed by atoms with van der Waals surface area (Å²) in [5, 5.41) is 9.89. The molecule has 0 aliphatic rings. The number of methoxy groups -OCH3 is 2. The number of hydrogen-bond donors (Lipinski definition) is 2. The maximum absolute atomic E-state index is 11.0. The van der Waals surface area contributed by atoms with Crippen molar-refractivity contribution < 1.29 is 19.4 Å². The van der Waals surface area contributed by atoms with Crippen molar-refractivity contribution in [3.8, 4) is 11.5 Å². The van der Waals surface area contributed by atoms with Gasteiger partial charge in [0.25, 0.3) is 0 Å². The smallest absolute Gasteiger partial charge is 0.305 e. The second-order valence-electron chi connectivity index (χ2n) is 4.05. The van der Waals surface area contributed by atoms with Gasteiger partial charge in [-0.1, -0.05) is 12.1 Å². The molecular weight excluding hydrogens is 234 g/mol. The van der Waals surface area contributed by atoms with Gasteiger partial charge in [0.2, 0.25) is 0 Å². The molecule has 100 valence electrons. The monoisotopic (exact) mass is 253 g/mol. The van der Waals surface area contributed by atoms with Crippen molar-refractivity contribution in [1.29, 1.82) is 0 Å². The van der Waals surface area contributed by atoms with Gasteiger partial charge >= 0.3 is 5.97 Å². The van der Waals surface area contributed by atoms with Crippen LogP contribution in [0.5, 0.6) is 11.5 Å². The Morgan fingerprint density at radius 3 is 2.78 bits per heavy atom. The number of benzene rings is 1. The zero-order chi connectivity index (χ0) is 13.5. The summed E-state index contributed by atoms with van der Waals surface area (Å²) in [5.74, 6) is 0.251. The number of carbonyl (C=O) groups excluding carboxylic acids is 1. The molecule has 5 heteroatoms. The number of carbonyl (C=O) groups is 1. The topological polar surface area (TPSA) is 81.8 Å². The van der Waals surface area contributed by atoms with Crippen molar-refractivity contribution in [3.05, 3.63) is 23.8 Å². The Morgan fingerprint density at radius 2 is 2.17 bits per heavy atom. The predicted octanol–water partition coefficient (Wildman–Crippen LogP) is 1.22. The molecule has 0 fully saturated rings. The molecule has 1 rings (SSSR count). The molecule has 0 aromatic heterocycles. The summed E-state index contributed by atoms with van der Waals surface area (Å²) in [6.45, 7) is 0. The minimum absolute atomic E-state index is 0.105. The molecule has 1 unspecified atom stereocenters. The fourth-order valence-corrected chi connectivity index (χ4v) is 1.69. The number of rotatable bonds is 6. The van der Waals surface area contributed by atoms with Crippen molar-refractivity contribution in [3.63, 3.8) is 0 Å². The number of hydrogen-bond acceptors (Lipinski definition) is 5. The predicted molar refractivity (Wildman–Crippen MR) is 67.6 cm³/mol. The SMILES string of the molecule is COC(=O)CCC(N)Cc1cccc(OC)c1O. The van der Waals surface area contributed by atoms with E-state index in [0.717, 1.165) is 0 Å². The molecule has 1 atom stereocenters. The lowest BCUT2D eigenvalue weighted by Gasteiger charge is -2.13. The normalized spacial score (nSPS) is 11.9. The van der Waals surface area contributed by atoms with E-state index in [-0.39, 0.29) is 24.2 Å². The van der Waals surface area contributed by atoms with Crippen LogP contribution in [0.2, 0.25) is 0 Å². The summed E-state index contributed by atoms with van der Waals surface area (Å²) in [5.41, 5.74) is 6.62. The average Bonchev–Trinajstić information content (AvgIpc) is 2.38. The van der Waals surface area contributed by atoms with Gasteiger partial charge in [0.15, 0.2) is 11.5 Å². The van der Waals surface area contributed by atoms with Crippen LogP contribution in [0.4, 0.5) is 0 Å². The summed E-state index contributed by atoms with van der Waals surface area (Å²) in [6, 6.07) is 5.05. The molecule has 1 aromatic rings. The first-order valence-corrected chi connectivity index (χ1v) is 5.75. The van der Waals surface area contributed by atoms with Gasteiger partial charge in [-0.15, -0.1) is 0 Å². The number of aromatic hydroxyl groups is 1. The van der Waals surface area contributed by atoms with E-state index in [9.17, 15) is 9.90 Å². The van der Waals surface area contributed by atoms with Crippen LogP contribution in [-0.4, -0.2) is 31.3 Å². The van der Waals surface area contributed by atoms with Gasteiger partial charge in [0.05, 0.1) is 14.2 Å². The lowest BCUT2D eigenvalue weighted by atomic mass is 10.0. The minimum atomic E-state index is -0.277. The third-order valence-electron chi connectivity index (χ3n) is 2.73. The van der Waals surface area contributed by atoms with Gasteiger partial charge in [-0.05, 0) is 24.5 Å². The maximum atomic E-state index is 11.0. The third kappa shape index (κ3) is 3.92. The van der Waals surface area contributed by atoms with Gasteiger partial charge in [0.1, 0.15) is 0 Å². The molecule has 0 saturated carbocycles. The standard InChI is InChI=1S/C13H19NO4/c1-17-11-5-3-4-9(13(11)16)8-10(14)6-7-12(15)18-2/h3-5,10,16H,6-8,14H2,1-2H3. The summed E-state index contributed by atoms with van der Waals surface area (Å²) >= 11 is 0. The first-order chi connectivity index (χ1) is 8.58. The van der Waals surface area contributed by atoms with Gasteiger partial charge in [-0.2, -0.15) is 0 Å². The number of esters is 1. The van der Waals surface area contributed by atoms with Crippen LogP contribution in [0, 0.1) is 0 Å². The van der Waals surface area contributed by atoms with Crippen molar-refractivity contribution >= 4 is 5.97 Å². The Balaban J connectivity index is 2.59. The highest BCUT2D eigenvalue weighted by Gasteiger charge is 2.12. The number of phenolic OH excluding ortho intramolecular Hbond substituents is 1. The van der Waals surface area contributed by atoms with Crippen LogP contribution in [0.25, 0.3) is 0 Å². The molecule has 0 heterocycles. The third-order valence-corrected chi connectivity index (χ3v) is 2.73. The summed E-state index contributed by atoms with van der Waals surface area (Å²) in [4.78, 5) is 11.0. The summed E-state index contributed by atoms with van der Waals surface area (Å²) in [6.07, 6.45) is 1.28. The van der Waals surface area contributed by atoms with Crippen molar-refractivity contribution in [1.82, 2.24) is 0 Å². The van der Waals surface area contributed by atoms with E-state index in [1.165, 1.54) is 14.2 Å². The molecule has 0 radical (unpaired) electrons. The van der Waals surface area contributed by atoms with Gasteiger partial charge in [-0.25, -0.2) is 0 Å². The number of nitrogens with two attached hydrogens (primary N) is 1. The van der Waals surface area contributed by atoms with Crippen LogP contribution < -0.4 is 10.5 Å². The van der Waals surface area contributed by atoms with E-state index in [1.54, 1.807) is 18.2 Å². The molecule has 0 aliphatic heterocycles. The minimum Gasteiger partial charge on any atom is -0.504 e. The largest absolute Gasteiger partial charge is 0.504 e. The second kappa shape index (κ2) is 6.86. The Bertz CT molecular complexity index is 406. The molecule has 0 bridgehead atoms. The van der Waals surface area contributed by atoms with E-state index in [0.29, 0.717) is 24.2 Å². The van der Waals surface area contributed by atoms with Crippen molar-refractivity contribution in [2.75, 3.05) is 14.2 Å². The number of para-hydroxylation sites is 1. The van der Waals surface area contributed by atoms with Crippen LogP contribution in [0.1, 0.15) is 18.4 Å². The van der Waals surface area contributed by atoms with E-state index in [1.807, 2.05) is 0 Å². The molecule has 1 aromatic carbocycles. The lowest BCUT2D eigenvalue weighted by Crippen LogP contribution is -2.24. The molecule has 0 saturated heterocycles. The Morgan fingerprint density at radius 1 is 1.44 bits per heavy atom.